The van der Waals surface area contributed by atoms with Crippen LogP contribution >= 0.6 is 11.6 Å². The van der Waals surface area contributed by atoms with Crippen LogP contribution in [0.2, 0.25) is 5.02 Å². The summed E-state index contributed by atoms with van der Waals surface area (Å²) >= 11 is 6.49. The third-order valence-corrected chi connectivity index (χ3v) is 6.62. The van der Waals surface area contributed by atoms with E-state index < -0.39 is 0 Å². The van der Waals surface area contributed by atoms with Crippen molar-refractivity contribution in [1.82, 2.24) is 15.4 Å². The largest absolute Gasteiger partial charge is 0.493 e. The van der Waals surface area contributed by atoms with E-state index in [9.17, 15) is 4.79 Å². The summed E-state index contributed by atoms with van der Waals surface area (Å²) in [7, 11) is 1.56. The summed E-state index contributed by atoms with van der Waals surface area (Å²) in [5.74, 6) is 1.58. The van der Waals surface area contributed by atoms with E-state index in [4.69, 9.17) is 25.6 Å². The van der Waals surface area contributed by atoms with E-state index in [1.165, 1.54) is 0 Å². The number of nitrogens with one attached hydrogen (secondary N) is 1. The molecule has 1 unspecified atom stereocenters. The number of rotatable bonds is 9. The van der Waals surface area contributed by atoms with Crippen LogP contribution in [0, 0.1) is 13.8 Å². The Morgan fingerprint density at radius 2 is 1.94 bits per heavy atom. The number of hydrogen-bond donors (Lipinski definition) is 1. The molecule has 34 heavy (non-hydrogen) atoms. The molecule has 1 atom stereocenters. The van der Waals surface area contributed by atoms with Crippen LogP contribution in [0.5, 0.6) is 11.5 Å². The Balaban J connectivity index is 1.45. The van der Waals surface area contributed by atoms with Gasteiger partial charge in [0.15, 0.2) is 11.5 Å². The van der Waals surface area contributed by atoms with E-state index in [1.54, 1.807) is 25.3 Å². The van der Waals surface area contributed by atoms with Gasteiger partial charge < -0.3 is 19.3 Å². The highest BCUT2D eigenvalue weighted by molar-refractivity contribution is 6.31. The van der Waals surface area contributed by atoms with Gasteiger partial charge in [-0.05, 0) is 69.6 Å². The molecule has 7 nitrogen and oxygen atoms in total. The SMILES string of the molecule is COc1cc(C(=O)NCC(c2ccccc2Cl)N2CCCC2)ccc1OCc1c(C)noc1C. The maximum atomic E-state index is 13.0. The van der Waals surface area contributed by atoms with Gasteiger partial charge in [0.2, 0.25) is 0 Å². The number of benzene rings is 2. The molecular formula is C26H30ClN3O4. The average molecular weight is 484 g/mol. The number of amides is 1. The van der Waals surface area contributed by atoms with Crippen LogP contribution in [-0.2, 0) is 6.61 Å². The van der Waals surface area contributed by atoms with Gasteiger partial charge in [-0.2, -0.15) is 0 Å². The molecule has 1 amide bonds. The summed E-state index contributed by atoms with van der Waals surface area (Å²) < 4.78 is 16.6. The molecule has 0 spiro atoms. The van der Waals surface area contributed by atoms with Gasteiger partial charge in [0.25, 0.3) is 5.91 Å². The number of hydrogen-bond acceptors (Lipinski definition) is 6. The Labute approximate surface area is 205 Å². The number of aromatic nitrogens is 1. The second-order valence-electron chi connectivity index (χ2n) is 8.45. The molecule has 1 saturated heterocycles. The number of likely N-dealkylation sites (tertiary alicyclic amines) is 1. The van der Waals surface area contributed by atoms with Crippen molar-refractivity contribution < 1.29 is 18.8 Å². The first-order valence-corrected chi connectivity index (χ1v) is 11.8. The summed E-state index contributed by atoms with van der Waals surface area (Å²) in [5, 5.41) is 7.75. The van der Waals surface area contributed by atoms with Gasteiger partial charge in [-0.3, -0.25) is 9.69 Å². The lowest BCUT2D eigenvalue weighted by Crippen LogP contribution is -2.37. The quantitative estimate of drug-likeness (QED) is 0.456. The molecule has 1 aliphatic rings. The van der Waals surface area contributed by atoms with Crippen LogP contribution in [0.3, 0.4) is 0 Å². The first kappa shape index (κ1) is 24.1. The first-order valence-electron chi connectivity index (χ1n) is 11.5. The molecule has 1 aliphatic heterocycles. The normalized spacial score (nSPS) is 14.7. The molecule has 2 heterocycles. The number of nitrogens with zero attached hydrogens (tertiary/aromatic N) is 2. The summed E-state index contributed by atoms with van der Waals surface area (Å²) in [5.41, 5.74) is 3.22. The fraction of sp³-hybridized carbons (Fsp3) is 0.385. The number of carbonyl (C=O) groups is 1. The number of methoxy groups -OCH3 is 1. The molecule has 0 bridgehead atoms. The maximum Gasteiger partial charge on any atom is 0.251 e. The minimum atomic E-state index is -0.174. The zero-order valence-electron chi connectivity index (χ0n) is 19.8. The summed E-state index contributed by atoms with van der Waals surface area (Å²) in [6, 6.07) is 13.0. The highest BCUT2D eigenvalue weighted by Crippen LogP contribution is 2.31. The fourth-order valence-corrected chi connectivity index (χ4v) is 4.57. The van der Waals surface area contributed by atoms with Gasteiger partial charge in [0.1, 0.15) is 12.4 Å². The molecule has 0 aliphatic carbocycles. The van der Waals surface area contributed by atoms with E-state index in [1.807, 2.05) is 38.1 Å². The summed E-state index contributed by atoms with van der Waals surface area (Å²) in [6.45, 7) is 6.49. The lowest BCUT2D eigenvalue weighted by atomic mass is 10.0. The number of halogens is 1. The van der Waals surface area contributed by atoms with Crippen molar-refractivity contribution in [3.05, 3.63) is 75.6 Å². The van der Waals surface area contributed by atoms with Crippen molar-refractivity contribution in [3.8, 4) is 11.5 Å². The Hall–Kier alpha value is -3.03. The molecular weight excluding hydrogens is 454 g/mol. The second kappa shape index (κ2) is 10.9. The Morgan fingerprint density at radius 1 is 1.18 bits per heavy atom. The maximum absolute atomic E-state index is 13.0. The molecule has 2 aromatic carbocycles. The highest BCUT2D eigenvalue weighted by Gasteiger charge is 2.26. The van der Waals surface area contributed by atoms with E-state index in [-0.39, 0.29) is 11.9 Å². The topological polar surface area (TPSA) is 76.8 Å². The van der Waals surface area contributed by atoms with Gasteiger partial charge in [-0.25, -0.2) is 0 Å². The fourth-order valence-electron chi connectivity index (χ4n) is 4.31. The van der Waals surface area contributed by atoms with Gasteiger partial charge in [-0.1, -0.05) is 35.0 Å². The smallest absolute Gasteiger partial charge is 0.251 e. The molecule has 8 heteroatoms. The van der Waals surface area contributed by atoms with Gasteiger partial charge >= 0.3 is 0 Å². The standard InChI is InChI=1S/C26H30ClN3O4/c1-17-21(18(2)34-29-17)16-33-24-11-10-19(14-25(24)32-3)26(31)28-15-23(30-12-6-7-13-30)20-8-4-5-9-22(20)27/h4-5,8-11,14,23H,6-7,12-13,15-16H2,1-3H3,(H,28,31). The highest BCUT2D eigenvalue weighted by atomic mass is 35.5. The molecule has 0 saturated carbocycles. The van der Waals surface area contributed by atoms with Crippen LogP contribution in [-0.4, -0.2) is 42.7 Å². The van der Waals surface area contributed by atoms with Crippen molar-refractivity contribution in [3.63, 3.8) is 0 Å². The predicted molar refractivity (Wildman–Crippen MR) is 131 cm³/mol. The van der Waals surface area contributed by atoms with Crippen LogP contribution in [0.15, 0.2) is 47.0 Å². The Bertz CT molecular complexity index is 1120. The average Bonchev–Trinajstić information content (AvgIpc) is 3.49. The van der Waals surface area contributed by atoms with Crippen molar-refractivity contribution in [2.45, 2.75) is 39.3 Å². The van der Waals surface area contributed by atoms with Gasteiger partial charge in [0.05, 0.1) is 24.4 Å². The monoisotopic (exact) mass is 483 g/mol. The van der Waals surface area contributed by atoms with Gasteiger partial charge in [-0.15, -0.1) is 0 Å². The predicted octanol–water partition coefficient (Wildman–Crippen LogP) is 5.10. The minimum Gasteiger partial charge on any atom is -0.493 e. The third-order valence-electron chi connectivity index (χ3n) is 6.28. The third kappa shape index (κ3) is 5.37. The number of carbonyl (C=O) groups excluding carboxylic acids is 1. The van der Waals surface area contributed by atoms with Crippen LogP contribution in [0.25, 0.3) is 0 Å². The molecule has 1 aromatic heterocycles. The molecule has 4 rings (SSSR count). The van der Waals surface area contributed by atoms with Crippen molar-refractivity contribution in [2.24, 2.45) is 0 Å². The molecule has 0 radical (unpaired) electrons. The van der Waals surface area contributed by atoms with E-state index >= 15 is 0 Å². The molecule has 3 aromatic rings. The number of aryl methyl sites for hydroxylation is 2. The first-order chi connectivity index (χ1) is 16.5. The molecule has 1 fully saturated rings. The summed E-state index contributed by atoms with van der Waals surface area (Å²) in [6.07, 6.45) is 2.31. The minimum absolute atomic E-state index is 0.0275. The number of ether oxygens (including phenoxy) is 2. The zero-order valence-corrected chi connectivity index (χ0v) is 20.5. The second-order valence-corrected chi connectivity index (χ2v) is 8.85. The van der Waals surface area contributed by atoms with Gasteiger partial charge in [0, 0.05) is 17.1 Å². The van der Waals surface area contributed by atoms with Crippen molar-refractivity contribution in [2.75, 3.05) is 26.7 Å². The zero-order chi connectivity index (χ0) is 24.1. The lowest BCUT2D eigenvalue weighted by molar-refractivity contribution is 0.0937. The molecule has 180 valence electrons. The lowest BCUT2D eigenvalue weighted by Gasteiger charge is -2.29. The van der Waals surface area contributed by atoms with E-state index in [2.05, 4.69) is 15.4 Å². The van der Waals surface area contributed by atoms with E-state index in [0.717, 1.165) is 53.5 Å². The van der Waals surface area contributed by atoms with Crippen LogP contribution < -0.4 is 14.8 Å². The van der Waals surface area contributed by atoms with Crippen LogP contribution in [0.1, 0.15) is 51.8 Å². The van der Waals surface area contributed by atoms with Crippen molar-refractivity contribution in [1.29, 1.82) is 0 Å². The van der Waals surface area contributed by atoms with Crippen molar-refractivity contribution >= 4 is 17.5 Å². The Morgan fingerprint density at radius 3 is 2.62 bits per heavy atom. The molecule has 1 N–H and O–H groups in total. The van der Waals surface area contributed by atoms with E-state index in [0.29, 0.717) is 30.2 Å². The summed E-state index contributed by atoms with van der Waals surface area (Å²) in [4.78, 5) is 15.4. The Kier molecular flexibility index (Phi) is 7.75. The van der Waals surface area contributed by atoms with Crippen LogP contribution in [0.4, 0.5) is 0 Å².